The van der Waals surface area contributed by atoms with E-state index in [0.29, 0.717) is 6.42 Å². The van der Waals surface area contributed by atoms with Gasteiger partial charge in [-0.1, -0.05) is 13.3 Å². The Morgan fingerprint density at radius 3 is 2.00 bits per heavy atom. The highest BCUT2D eigenvalue weighted by atomic mass is 35.5. The molecule has 0 fully saturated rings. The van der Waals surface area contributed by atoms with E-state index in [9.17, 15) is 22.4 Å². The number of rotatable bonds is 4. The molecule has 0 heterocycles. The van der Waals surface area contributed by atoms with Gasteiger partial charge in [0.05, 0.1) is 0 Å². The smallest absolute Gasteiger partial charge is 0.277 e. The highest BCUT2D eigenvalue weighted by Gasteiger charge is 2.60. The SMILES string of the molecule is CCCCC(F)(C(=O)Cl)C(F)(F)F. The van der Waals surface area contributed by atoms with E-state index in [4.69, 9.17) is 0 Å². The van der Waals surface area contributed by atoms with Crippen molar-refractivity contribution in [1.29, 1.82) is 0 Å². The third-order valence-corrected chi connectivity index (χ3v) is 1.94. The van der Waals surface area contributed by atoms with Crippen LogP contribution in [0.2, 0.25) is 0 Å². The summed E-state index contributed by atoms with van der Waals surface area (Å²) in [5, 5.41) is -1.99. The molecule has 0 aliphatic heterocycles. The van der Waals surface area contributed by atoms with Crippen molar-refractivity contribution < 1.29 is 22.4 Å². The van der Waals surface area contributed by atoms with E-state index in [1.807, 2.05) is 0 Å². The van der Waals surface area contributed by atoms with E-state index >= 15 is 0 Å². The highest BCUT2D eigenvalue weighted by Crippen LogP contribution is 2.39. The summed E-state index contributed by atoms with van der Waals surface area (Å²) in [6.45, 7) is 1.59. The Bertz CT molecular complexity index is 191. The van der Waals surface area contributed by atoms with Crippen molar-refractivity contribution >= 4 is 16.8 Å². The van der Waals surface area contributed by atoms with Gasteiger partial charge in [-0.3, -0.25) is 4.79 Å². The number of alkyl halides is 4. The predicted octanol–water partition coefficient (Wildman–Crippen LogP) is 3.21. The summed E-state index contributed by atoms with van der Waals surface area (Å²) in [5.41, 5.74) is -3.88. The number of hydrogen-bond donors (Lipinski definition) is 0. The van der Waals surface area contributed by atoms with Gasteiger partial charge in [-0.2, -0.15) is 13.2 Å². The molecule has 0 aromatic heterocycles. The van der Waals surface area contributed by atoms with Crippen molar-refractivity contribution in [2.24, 2.45) is 0 Å². The summed E-state index contributed by atoms with van der Waals surface area (Å²) in [6.07, 6.45) is -5.79. The molecule has 1 nitrogen and oxygen atoms in total. The molecule has 78 valence electrons. The zero-order chi connectivity index (χ0) is 10.7. The van der Waals surface area contributed by atoms with E-state index in [1.54, 1.807) is 6.92 Å². The Balaban J connectivity index is 4.64. The topological polar surface area (TPSA) is 17.1 Å². The zero-order valence-corrected chi connectivity index (χ0v) is 7.68. The Labute approximate surface area is 78.1 Å². The number of unbranched alkanes of at least 4 members (excludes halogenated alkanes) is 1. The van der Waals surface area contributed by atoms with Gasteiger partial charge in [0.25, 0.3) is 10.9 Å². The van der Waals surface area contributed by atoms with Crippen LogP contribution in [0.5, 0.6) is 0 Å². The van der Waals surface area contributed by atoms with Gasteiger partial charge in [-0.05, 0) is 24.4 Å². The summed E-state index contributed by atoms with van der Waals surface area (Å²) < 4.78 is 49.0. The fourth-order valence-electron chi connectivity index (χ4n) is 0.772. The maximum Gasteiger partial charge on any atom is 0.431 e. The van der Waals surface area contributed by atoms with Gasteiger partial charge < -0.3 is 0 Å². The van der Waals surface area contributed by atoms with Crippen LogP contribution in [-0.4, -0.2) is 17.1 Å². The lowest BCUT2D eigenvalue weighted by Crippen LogP contribution is -2.46. The van der Waals surface area contributed by atoms with Gasteiger partial charge in [0.1, 0.15) is 0 Å². The van der Waals surface area contributed by atoms with Crippen LogP contribution >= 0.6 is 11.6 Å². The molecule has 1 unspecified atom stereocenters. The molecule has 0 radical (unpaired) electrons. The maximum absolute atomic E-state index is 13.0. The molecule has 0 bridgehead atoms. The zero-order valence-electron chi connectivity index (χ0n) is 6.92. The Kier molecular flexibility index (Phi) is 4.16. The minimum Gasteiger partial charge on any atom is -0.277 e. The lowest BCUT2D eigenvalue weighted by Gasteiger charge is -2.23. The molecule has 0 N–H and O–H groups in total. The second-order valence-corrected chi connectivity index (χ2v) is 3.02. The van der Waals surface area contributed by atoms with Gasteiger partial charge in [0, 0.05) is 0 Å². The standard InChI is InChI=1S/C7H9ClF4O/c1-2-3-4-6(9,5(8)13)7(10,11)12/h2-4H2,1H3. The maximum atomic E-state index is 13.0. The van der Waals surface area contributed by atoms with Crippen LogP contribution in [0.15, 0.2) is 0 Å². The average Bonchev–Trinajstić information content (AvgIpc) is 1.97. The van der Waals surface area contributed by atoms with Crippen LogP contribution in [0.25, 0.3) is 0 Å². The van der Waals surface area contributed by atoms with Gasteiger partial charge in [0.2, 0.25) is 0 Å². The van der Waals surface area contributed by atoms with Crippen molar-refractivity contribution in [3.05, 3.63) is 0 Å². The highest BCUT2D eigenvalue weighted by molar-refractivity contribution is 6.65. The summed E-state index contributed by atoms with van der Waals surface area (Å²) >= 11 is 4.57. The van der Waals surface area contributed by atoms with Crippen LogP contribution < -0.4 is 0 Å². The average molecular weight is 221 g/mol. The summed E-state index contributed by atoms with van der Waals surface area (Å²) in [6, 6.07) is 0. The van der Waals surface area contributed by atoms with Crippen LogP contribution in [0, 0.1) is 0 Å². The van der Waals surface area contributed by atoms with Crippen molar-refractivity contribution in [3.63, 3.8) is 0 Å². The van der Waals surface area contributed by atoms with Gasteiger partial charge in [-0.15, -0.1) is 0 Å². The first-order valence-corrected chi connectivity index (χ1v) is 4.09. The summed E-state index contributed by atoms with van der Waals surface area (Å²) in [5.74, 6) is 0. The molecule has 0 aromatic rings. The monoisotopic (exact) mass is 220 g/mol. The summed E-state index contributed by atoms with van der Waals surface area (Å²) in [4.78, 5) is 10.3. The van der Waals surface area contributed by atoms with E-state index < -0.39 is 23.5 Å². The molecule has 0 aliphatic carbocycles. The summed E-state index contributed by atoms with van der Waals surface area (Å²) in [7, 11) is 0. The molecule has 13 heavy (non-hydrogen) atoms. The Hall–Kier alpha value is -0.320. The number of carbonyl (C=O) groups excluding carboxylic acids is 1. The van der Waals surface area contributed by atoms with Crippen LogP contribution in [0.4, 0.5) is 17.6 Å². The first-order chi connectivity index (χ1) is 5.75. The van der Waals surface area contributed by atoms with Crippen molar-refractivity contribution in [2.45, 2.75) is 38.0 Å². The molecule has 1 atom stereocenters. The molecular weight excluding hydrogens is 212 g/mol. The Morgan fingerprint density at radius 2 is 1.77 bits per heavy atom. The van der Waals surface area contributed by atoms with E-state index in [0.717, 1.165) is 0 Å². The quantitative estimate of drug-likeness (QED) is 0.525. The number of carbonyl (C=O) groups is 1. The molecule has 0 rings (SSSR count). The van der Waals surface area contributed by atoms with E-state index in [1.165, 1.54) is 0 Å². The van der Waals surface area contributed by atoms with Crippen molar-refractivity contribution in [1.82, 2.24) is 0 Å². The van der Waals surface area contributed by atoms with E-state index in [-0.39, 0.29) is 6.42 Å². The second kappa shape index (κ2) is 4.26. The lowest BCUT2D eigenvalue weighted by molar-refractivity contribution is -0.223. The molecular formula is C7H9ClF4O. The van der Waals surface area contributed by atoms with Gasteiger partial charge >= 0.3 is 6.18 Å². The second-order valence-electron chi connectivity index (χ2n) is 2.68. The minimum atomic E-state index is -5.22. The van der Waals surface area contributed by atoms with Crippen molar-refractivity contribution in [2.75, 3.05) is 0 Å². The van der Waals surface area contributed by atoms with Gasteiger partial charge in [0.15, 0.2) is 0 Å². The lowest BCUT2D eigenvalue weighted by atomic mass is 10.00. The third kappa shape index (κ3) is 2.83. The third-order valence-electron chi connectivity index (χ3n) is 1.64. The van der Waals surface area contributed by atoms with Crippen molar-refractivity contribution in [3.8, 4) is 0 Å². The van der Waals surface area contributed by atoms with Crippen LogP contribution in [0.1, 0.15) is 26.2 Å². The molecule has 0 amide bonds. The normalized spacial score (nSPS) is 16.8. The molecule has 0 saturated heterocycles. The fourth-order valence-corrected chi connectivity index (χ4v) is 0.973. The molecule has 6 heteroatoms. The van der Waals surface area contributed by atoms with Crippen LogP contribution in [0.3, 0.4) is 0 Å². The minimum absolute atomic E-state index is 0.0333. The van der Waals surface area contributed by atoms with Gasteiger partial charge in [-0.25, -0.2) is 4.39 Å². The molecule has 0 saturated carbocycles. The molecule has 0 aliphatic rings. The van der Waals surface area contributed by atoms with E-state index in [2.05, 4.69) is 11.6 Å². The molecule has 0 aromatic carbocycles. The first-order valence-electron chi connectivity index (χ1n) is 3.71. The number of halogens is 5. The fraction of sp³-hybridized carbons (Fsp3) is 0.857. The van der Waals surface area contributed by atoms with Crippen LogP contribution in [-0.2, 0) is 4.79 Å². The number of hydrogen-bond acceptors (Lipinski definition) is 1. The molecule has 0 spiro atoms. The predicted molar refractivity (Wildman–Crippen MR) is 40.3 cm³/mol. The largest absolute Gasteiger partial charge is 0.431 e. The Morgan fingerprint density at radius 1 is 1.31 bits per heavy atom. The first kappa shape index (κ1) is 12.7.